The van der Waals surface area contributed by atoms with Gasteiger partial charge in [0.15, 0.2) is 11.5 Å². The van der Waals surface area contributed by atoms with E-state index in [2.05, 4.69) is 10.3 Å². The lowest BCUT2D eigenvalue weighted by atomic mass is 10.2. The topological polar surface area (TPSA) is 65.4 Å². The molecule has 0 spiro atoms. The van der Waals surface area contributed by atoms with Crippen molar-refractivity contribution < 1.29 is 14.3 Å². The van der Waals surface area contributed by atoms with Gasteiger partial charge in [-0.25, -0.2) is 4.98 Å². The molecule has 0 bridgehead atoms. The lowest BCUT2D eigenvalue weighted by molar-refractivity contribution is 0.0949. The first-order valence-corrected chi connectivity index (χ1v) is 7.79. The molecule has 0 saturated carbocycles. The van der Waals surface area contributed by atoms with Gasteiger partial charge in [-0.2, -0.15) is 0 Å². The largest absolute Gasteiger partial charge is 0.454 e. The van der Waals surface area contributed by atoms with Crippen LogP contribution in [-0.2, 0) is 13.6 Å². The number of aryl methyl sites for hydroxylation is 1. The Labute approximate surface area is 143 Å². The third kappa shape index (κ3) is 2.45. The number of ether oxygens (including phenoxy) is 2. The number of carbonyl (C=O) groups excluding carboxylic acids is 1. The van der Waals surface area contributed by atoms with Crippen molar-refractivity contribution in [2.75, 3.05) is 6.79 Å². The Hall–Kier alpha value is -2.73. The predicted octanol–water partition coefficient (Wildman–Crippen LogP) is 2.89. The smallest absolute Gasteiger partial charge is 0.251 e. The van der Waals surface area contributed by atoms with Crippen LogP contribution in [0.2, 0.25) is 5.02 Å². The van der Waals surface area contributed by atoms with Crippen LogP contribution < -0.4 is 14.8 Å². The predicted molar refractivity (Wildman–Crippen MR) is 89.5 cm³/mol. The van der Waals surface area contributed by atoms with Crippen molar-refractivity contribution in [3.63, 3.8) is 0 Å². The van der Waals surface area contributed by atoms with Crippen LogP contribution in [0.1, 0.15) is 16.2 Å². The zero-order valence-corrected chi connectivity index (χ0v) is 13.6. The summed E-state index contributed by atoms with van der Waals surface area (Å²) in [7, 11) is 1.92. The molecule has 2 heterocycles. The summed E-state index contributed by atoms with van der Waals surface area (Å²) in [6.45, 7) is 0.427. The number of carbonyl (C=O) groups is 1. The Bertz CT molecular complexity index is 952. The number of amides is 1. The molecule has 1 N–H and O–H groups in total. The van der Waals surface area contributed by atoms with E-state index in [4.69, 9.17) is 21.1 Å². The van der Waals surface area contributed by atoms with E-state index in [-0.39, 0.29) is 12.7 Å². The summed E-state index contributed by atoms with van der Waals surface area (Å²) in [6, 6.07) is 11.0. The molecular formula is C17H14ClN3O3. The third-order valence-electron chi connectivity index (χ3n) is 3.98. The molecule has 2 aromatic carbocycles. The molecule has 1 amide bonds. The highest BCUT2D eigenvalue weighted by Crippen LogP contribution is 2.39. The first-order valence-electron chi connectivity index (χ1n) is 7.41. The van der Waals surface area contributed by atoms with E-state index in [1.165, 1.54) is 0 Å². The highest BCUT2D eigenvalue weighted by Gasteiger charge is 2.20. The second-order valence-electron chi connectivity index (χ2n) is 5.45. The number of aromatic nitrogens is 2. The van der Waals surface area contributed by atoms with E-state index in [9.17, 15) is 4.79 Å². The van der Waals surface area contributed by atoms with Crippen LogP contribution in [0.15, 0.2) is 36.4 Å². The summed E-state index contributed by atoms with van der Waals surface area (Å²) in [5, 5.41) is 3.22. The molecule has 0 aliphatic carbocycles. The first kappa shape index (κ1) is 14.8. The molecule has 0 radical (unpaired) electrons. The van der Waals surface area contributed by atoms with Gasteiger partial charge in [-0.15, -0.1) is 0 Å². The average Bonchev–Trinajstić information content (AvgIpc) is 3.18. The molecule has 7 heteroatoms. The number of benzene rings is 2. The molecule has 1 aliphatic heterocycles. The molecule has 1 aliphatic rings. The Kier molecular flexibility index (Phi) is 3.54. The standard InChI is InChI=1S/C17H14ClN3O3/c1-21-13-5-3-2-4-12(13)20-15(21)8-19-17(22)10-6-11(18)16-14(7-10)23-9-24-16/h2-7H,8-9H2,1H3,(H,19,22). The van der Waals surface area contributed by atoms with Gasteiger partial charge < -0.3 is 19.4 Å². The highest BCUT2D eigenvalue weighted by atomic mass is 35.5. The van der Waals surface area contributed by atoms with Gasteiger partial charge in [0.2, 0.25) is 6.79 Å². The van der Waals surface area contributed by atoms with Crippen molar-refractivity contribution in [1.82, 2.24) is 14.9 Å². The molecule has 3 aromatic rings. The fourth-order valence-corrected chi connectivity index (χ4v) is 2.98. The van der Waals surface area contributed by atoms with Crippen molar-refractivity contribution in [3.05, 3.63) is 52.8 Å². The van der Waals surface area contributed by atoms with E-state index >= 15 is 0 Å². The summed E-state index contributed by atoms with van der Waals surface area (Å²) in [5.41, 5.74) is 2.34. The van der Waals surface area contributed by atoms with Gasteiger partial charge in [0.1, 0.15) is 5.82 Å². The molecule has 1 aromatic heterocycles. The minimum atomic E-state index is -0.248. The van der Waals surface area contributed by atoms with Crippen molar-refractivity contribution in [2.45, 2.75) is 6.54 Å². The van der Waals surface area contributed by atoms with Crippen molar-refractivity contribution >= 4 is 28.5 Å². The van der Waals surface area contributed by atoms with E-state index < -0.39 is 0 Å². The number of nitrogens with zero attached hydrogens (tertiary/aromatic N) is 2. The van der Waals surface area contributed by atoms with Gasteiger partial charge in [0.05, 0.1) is 22.6 Å². The normalized spacial score (nSPS) is 12.6. The van der Waals surface area contributed by atoms with Crippen molar-refractivity contribution in [2.24, 2.45) is 7.05 Å². The quantitative estimate of drug-likeness (QED) is 0.794. The first-order chi connectivity index (χ1) is 11.6. The summed E-state index contributed by atoms with van der Waals surface area (Å²) in [4.78, 5) is 16.9. The number of nitrogens with one attached hydrogen (secondary N) is 1. The van der Waals surface area contributed by atoms with E-state index in [1.54, 1.807) is 12.1 Å². The molecule has 24 heavy (non-hydrogen) atoms. The minimum absolute atomic E-state index is 0.111. The average molecular weight is 344 g/mol. The van der Waals surface area contributed by atoms with Gasteiger partial charge >= 0.3 is 0 Å². The van der Waals surface area contributed by atoms with Crippen LogP contribution in [0.4, 0.5) is 0 Å². The fourth-order valence-electron chi connectivity index (χ4n) is 2.71. The zero-order chi connectivity index (χ0) is 16.7. The number of hydrogen-bond acceptors (Lipinski definition) is 4. The summed E-state index contributed by atoms with van der Waals surface area (Å²) in [5.74, 6) is 1.48. The zero-order valence-electron chi connectivity index (χ0n) is 12.9. The van der Waals surface area contributed by atoms with Crippen LogP contribution in [-0.4, -0.2) is 22.3 Å². The Morgan fingerprint density at radius 2 is 2.17 bits per heavy atom. The lowest BCUT2D eigenvalue weighted by Crippen LogP contribution is -2.24. The van der Waals surface area contributed by atoms with Gasteiger partial charge in [-0.05, 0) is 24.3 Å². The highest BCUT2D eigenvalue weighted by molar-refractivity contribution is 6.32. The molecule has 0 atom stereocenters. The molecule has 0 fully saturated rings. The maximum atomic E-state index is 12.4. The number of hydrogen-bond donors (Lipinski definition) is 1. The van der Waals surface area contributed by atoms with Crippen molar-refractivity contribution in [3.8, 4) is 11.5 Å². The van der Waals surface area contributed by atoms with Crippen LogP contribution in [0.3, 0.4) is 0 Å². The number of rotatable bonds is 3. The molecule has 4 rings (SSSR count). The molecule has 6 nitrogen and oxygen atoms in total. The summed E-state index contributed by atoms with van der Waals surface area (Å²) in [6.07, 6.45) is 0. The second kappa shape index (κ2) is 5.72. The van der Waals surface area contributed by atoms with Crippen LogP contribution >= 0.6 is 11.6 Å². The minimum Gasteiger partial charge on any atom is -0.454 e. The lowest BCUT2D eigenvalue weighted by Gasteiger charge is -2.07. The fraction of sp³-hybridized carbons (Fsp3) is 0.176. The maximum absolute atomic E-state index is 12.4. The van der Waals surface area contributed by atoms with Gasteiger partial charge in [0, 0.05) is 12.6 Å². The number of para-hydroxylation sites is 2. The molecule has 122 valence electrons. The SMILES string of the molecule is Cn1c(CNC(=O)c2cc(Cl)c3c(c2)OCO3)nc2ccccc21. The van der Waals surface area contributed by atoms with Crippen LogP contribution in [0.25, 0.3) is 11.0 Å². The van der Waals surface area contributed by atoms with Gasteiger partial charge in [0.25, 0.3) is 5.91 Å². The Morgan fingerprint density at radius 3 is 3.00 bits per heavy atom. The molecule has 0 unspecified atom stereocenters. The second-order valence-corrected chi connectivity index (χ2v) is 5.86. The monoisotopic (exact) mass is 343 g/mol. The molecular weight excluding hydrogens is 330 g/mol. The maximum Gasteiger partial charge on any atom is 0.251 e. The number of imidazole rings is 1. The van der Waals surface area contributed by atoms with Crippen LogP contribution in [0.5, 0.6) is 11.5 Å². The van der Waals surface area contributed by atoms with Crippen LogP contribution in [0, 0.1) is 0 Å². The number of halogens is 1. The molecule has 0 saturated heterocycles. The van der Waals surface area contributed by atoms with Gasteiger partial charge in [-0.3, -0.25) is 4.79 Å². The summed E-state index contributed by atoms with van der Waals surface area (Å²) >= 11 is 6.11. The van der Waals surface area contributed by atoms with Crippen molar-refractivity contribution in [1.29, 1.82) is 0 Å². The van der Waals surface area contributed by atoms with Gasteiger partial charge in [-0.1, -0.05) is 23.7 Å². The number of fused-ring (bicyclic) bond motifs is 2. The van der Waals surface area contributed by atoms with E-state index in [0.717, 1.165) is 16.9 Å². The third-order valence-corrected chi connectivity index (χ3v) is 4.26. The van der Waals surface area contributed by atoms with E-state index in [0.29, 0.717) is 28.6 Å². The van der Waals surface area contributed by atoms with E-state index in [1.807, 2.05) is 35.9 Å². The summed E-state index contributed by atoms with van der Waals surface area (Å²) < 4.78 is 12.5. The Morgan fingerprint density at radius 1 is 1.33 bits per heavy atom. The Balaban J connectivity index is 1.54.